The van der Waals surface area contributed by atoms with E-state index in [1.54, 1.807) is 0 Å². The van der Waals surface area contributed by atoms with Crippen LogP contribution in [0.5, 0.6) is 0 Å². The molecule has 0 atom stereocenters. The number of anilines is 1. The van der Waals surface area contributed by atoms with Crippen molar-refractivity contribution in [2.45, 2.75) is 40.3 Å². The Morgan fingerprint density at radius 2 is 1.95 bits per heavy atom. The molecule has 1 heterocycles. The van der Waals surface area contributed by atoms with Crippen molar-refractivity contribution in [3.63, 3.8) is 0 Å². The largest absolute Gasteiger partial charge is 0.377 e. The molecular weight excluding hydrogens is 252 g/mol. The quantitative estimate of drug-likeness (QED) is 0.750. The van der Waals surface area contributed by atoms with Gasteiger partial charge < -0.3 is 15.0 Å². The summed E-state index contributed by atoms with van der Waals surface area (Å²) in [6.07, 6.45) is 3.92. The van der Waals surface area contributed by atoms with E-state index in [0.717, 1.165) is 31.1 Å². The average Bonchev–Trinajstić information content (AvgIpc) is 2.38. The highest BCUT2D eigenvalue weighted by Gasteiger charge is 2.04. The molecule has 0 aromatic carbocycles. The van der Waals surface area contributed by atoms with Gasteiger partial charge in [-0.15, -0.1) is 0 Å². The van der Waals surface area contributed by atoms with E-state index in [1.807, 2.05) is 33.3 Å². The van der Waals surface area contributed by atoms with Crippen LogP contribution < -0.4 is 10.2 Å². The van der Waals surface area contributed by atoms with Gasteiger partial charge in [-0.1, -0.05) is 13.8 Å². The Bertz CT molecular complexity index is 365. The van der Waals surface area contributed by atoms with Crippen LogP contribution in [0.15, 0.2) is 12.4 Å². The molecule has 5 heteroatoms. The molecule has 0 aliphatic carbocycles. The fraction of sp³-hybridized carbons (Fsp3) is 0.733. The van der Waals surface area contributed by atoms with Crippen LogP contribution in [0.1, 0.15) is 33.4 Å². The fourth-order valence-corrected chi connectivity index (χ4v) is 1.67. The van der Waals surface area contributed by atoms with Crippen molar-refractivity contribution >= 4 is 5.82 Å². The SMILES string of the molecule is CC(C)CNCc1cnc(N(C)CCOC(C)C)cn1. The highest BCUT2D eigenvalue weighted by atomic mass is 16.5. The molecule has 0 aliphatic heterocycles. The third-order valence-corrected chi connectivity index (χ3v) is 2.82. The second-order valence-electron chi connectivity index (χ2n) is 5.73. The van der Waals surface area contributed by atoms with Gasteiger partial charge in [0, 0.05) is 20.1 Å². The maximum absolute atomic E-state index is 5.53. The van der Waals surface area contributed by atoms with Gasteiger partial charge in [0.05, 0.1) is 30.8 Å². The van der Waals surface area contributed by atoms with E-state index in [-0.39, 0.29) is 6.10 Å². The lowest BCUT2D eigenvalue weighted by Gasteiger charge is -2.18. The van der Waals surface area contributed by atoms with Crippen LogP contribution in [0, 0.1) is 5.92 Å². The van der Waals surface area contributed by atoms with Gasteiger partial charge in [0.1, 0.15) is 5.82 Å². The Kier molecular flexibility index (Phi) is 7.47. The number of ether oxygens (including phenoxy) is 1. The first kappa shape index (κ1) is 16.9. The Labute approximate surface area is 122 Å². The molecule has 0 amide bonds. The van der Waals surface area contributed by atoms with Crippen molar-refractivity contribution in [3.8, 4) is 0 Å². The van der Waals surface area contributed by atoms with Crippen LogP contribution in [0.4, 0.5) is 5.82 Å². The fourth-order valence-electron chi connectivity index (χ4n) is 1.67. The van der Waals surface area contributed by atoms with E-state index in [9.17, 15) is 0 Å². The highest BCUT2D eigenvalue weighted by Crippen LogP contribution is 2.06. The van der Waals surface area contributed by atoms with E-state index >= 15 is 0 Å². The summed E-state index contributed by atoms with van der Waals surface area (Å²) >= 11 is 0. The van der Waals surface area contributed by atoms with Crippen molar-refractivity contribution in [2.75, 3.05) is 31.6 Å². The van der Waals surface area contributed by atoms with Crippen molar-refractivity contribution in [3.05, 3.63) is 18.1 Å². The smallest absolute Gasteiger partial charge is 0.146 e. The van der Waals surface area contributed by atoms with Crippen molar-refractivity contribution in [1.82, 2.24) is 15.3 Å². The van der Waals surface area contributed by atoms with Gasteiger partial charge >= 0.3 is 0 Å². The first-order valence-electron chi connectivity index (χ1n) is 7.33. The number of nitrogens with zero attached hydrogens (tertiary/aromatic N) is 3. The molecule has 114 valence electrons. The molecule has 1 aromatic heterocycles. The predicted molar refractivity (Wildman–Crippen MR) is 82.9 cm³/mol. The summed E-state index contributed by atoms with van der Waals surface area (Å²) in [7, 11) is 2.00. The van der Waals surface area contributed by atoms with Gasteiger partial charge in [0.2, 0.25) is 0 Å². The van der Waals surface area contributed by atoms with Gasteiger partial charge in [-0.2, -0.15) is 0 Å². The minimum atomic E-state index is 0.267. The molecule has 0 spiro atoms. The number of hydrogen-bond acceptors (Lipinski definition) is 5. The van der Waals surface area contributed by atoms with Crippen LogP contribution in [0.25, 0.3) is 0 Å². The van der Waals surface area contributed by atoms with Gasteiger partial charge in [0.25, 0.3) is 0 Å². The number of hydrogen-bond donors (Lipinski definition) is 1. The first-order chi connectivity index (χ1) is 9.49. The average molecular weight is 280 g/mol. The molecule has 20 heavy (non-hydrogen) atoms. The van der Waals surface area contributed by atoms with Crippen LogP contribution in [0.2, 0.25) is 0 Å². The molecule has 0 unspecified atom stereocenters. The lowest BCUT2D eigenvalue weighted by atomic mass is 10.2. The van der Waals surface area contributed by atoms with E-state index in [4.69, 9.17) is 4.74 Å². The molecule has 0 aliphatic rings. The Morgan fingerprint density at radius 3 is 2.50 bits per heavy atom. The normalized spacial score (nSPS) is 11.3. The van der Waals surface area contributed by atoms with Crippen LogP contribution >= 0.6 is 0 Å². The zero-order valence-electron chi connectivity index (χ0n) is 13.4. The summed E-state index contributed by atoms with van der Waals surface area (Å²) in [5.41, 5.74) is 0.973. The zero-order valence-corrected chi connectivity index (χ0v) is 13.4. The standard InChI is InChI=1S/C15H28N4O/c1-12(2)8-16-9-14-10-18-15(11-17-14)19(5)6-7-20-13(3)4/h10-13,16H,6-9H2,1-5H3. The number of aromatic nitrogens is 2. The molecule has 1 N–H and O–H groups in total. The van der Waals surface area contributed by atoms with Crippen LogP contribution in [-0.2, 0) is 11.3 Å². The molecular formula is C15H28N4O. The number of rotatable bonds is 9. The molecule has 0 radical (unpaired) electrons. The maximum Gasteiger partial charge on any atom is 0.146 e. The van der Waals surface area contributed by atoms with Gasteiger partial charge in [-0.05, 0) is 26.3 Å². The summed E-state index contributed by atoms with van der Waals surface area (Å²) in [6, 6.07) is 0. The number of likely N-dealkylation sites (N-methyl/N-ethyl adjacent to an activating group) is 1. The van der Waals surface area contributed by atoms with Crippen molar-refractivity contribution in [2.24, 2.45) is 5.92 Å². The molecule has 0 fully saturated rings. The van der Waals surface area contributed by atoms with Crippen LogP contribution in [0.3, 0.4) is 0 Å². The topological polar surface area (TPSA) is 50.3 Å². The third kappa shape index (κ3) is 6.82. The molecule has 0 bridgehead atoms. The van der Waals surface area contributed by atoms with Crippen molar-refractivity contribution < 1.29 is 4.74 Å². The molecule has 5 nitrogen and oxygen atoms in total. The van der Waals surface area contributed by atoms with Crippen molar-refractivity contribution in [1.29, 1.82) is 0 Å². The highest BCUT2D eigenvalue weighted by molar-refractivity contribution is 5.34. The van der Waals surface area contributed by atoms with E-state index in [1.165, 1.54) is 0 Å². The second-order valence-corrected chi connectivity index (χ2v) is 5.73. The van der Waals surface area contributed by atoms with Gasteiger partial charge in [0.15, 0.2) is 0 Å². The lowest BCUT2D eigenvalue weighted by molar-refractivity contribution is 0.0845. The molecule has 1 aromatic rings. The van der Waals surface area contributed by atoms with Gasteiger partial charge in [-0.3, -0.25) is 4.98 Å². The summed E-state index contributed by atoms with van der Waals surface area (Å²) in [5.74, 6) is 1.53. The number of nitrogens with one attached hydrogen (secondary N) is 1. The Hall–Kier alpha value is -1.20. The summed E-state index contributed by atoms with van der Waals surface area (Å²) in [5, 5.41) is 3.36. The Balaban J connectivity index is 2.37. The monoisotopic (exact) mass is 280 g/mol. The van der Waals surface area contributed by atoms with Gasteiger partial charge in [-0.25, -0.2) is 4.98 Å². The maximum atomic E-state index is 5.53. The molecule has 0 saturated heterocycles. The third-order valence-electron chi connectivity index (χ3n) is 2.82. The molecule has 0 saturated carbocycles. The Morgan fingerprint density at radius 1 is 1.20 bits per heavy atom. The minimum absolute atomic E-state index is 0.267. The predicted octanol–water partition coefficient (Wildman–Crippen LogP) is 2.08. The van der Waals surface area contributed by atoms with E-state index in [2.05, 4.69) is 34.0 Å². The van der Waals surface area contributed by atoms with E-state index in [0.29, 0.717) is 12.5 Å². The molecule has 1 rings (SSSR count). The summed E-state index contributed by atoms with van der Waals surface area (Å²) < 4.78 is 5.53. The second kappa shape index (κ2) is 8.87. The lowest BCUT2D eigenvalue weighted by Crippen LogP contribution is -2.25. The minimum Gasteiger partial charge on any atom is -0.377 e. The first-order valence-corrected chi connectivity index (χ1v) is 7.33. The summed E-state index contributed by atoms with van der Waals surface area (Å²) in [6.45, 7) is 11.7. The zero-order chi connectivity index (χ0) is 15.0. The summed E-state index contributed by atoms with van der Waals surface area (Å²) in [4.78, 5) is 10.9. The van der Waals surface area contributed by atoms with E-state index < -0.39 is 0 Å². The van der Waals surface area contributed by atoms with Crippen LogP contribution in [-0.4, -0.2) is 42.8 Å².